The number of fused-ring (bicyclic) bond motifs is 1. The van der Waals surface area contributed by atoms with Gasteiger partial charge in [0.1, 0.15) is 19.0 Å². The maximum Gasteiger partial charge on any atom is 0.162 e. The standard InChI is InChI=1S/C14H17N3O2/c1-9-5-12-13(19-4-3-18-12)6-10(9)11-8-16-14(7-15)17(11)2/h5-6,8H,3-4,7,15H2,1-2H3. The Hall–Kier alpha value is -2.01. The maximum absolute atomic E-state index is 5.66. The second-order valence-electron chi connectivity index (χ2n) is 4.63. The van der Waals surface area contributed by atoms with Crippen LogP contribution in [0.1, 0.15) is 11.4 Å². The Morgan fingerprint density at radius 2 is 1.95 bits per heavy atom. The van der Waals surface area contributed by atoms with Gasteiger partial charge in [-0.2, -0.15) is 0 Å². The Labute approximate surface area is 112 Å². The summed E-state index contributed by atoms with van der Waals surface area (Å²) in [6.07, 6.45) is 1.85. The maximum atomic E-state index is 5.66. The first kappa shape index (κ1) is 12.0. The molecule has 2 N–H and O–H groups in total. The van der Waals surface area contributed by atoms with Crippen LogP contribution in [-0.2, 0) is 13.6 Å². The summed E-state index contributed by atoms with van der Waals surface area (Å²) < 4.78 is 13.2. The Kier molecular flexibility index (Phi) is 2.91. The molecule has 0 spiro atoms. The predicted molar refractivity (Wildman–Crippen MR) is 72.3 cm³/mol. The van der Waals surface area contributed by atoms with Crippen molar-refractivity contribution in [2.24, 2.45) is 12.8 Å². The third-order valence-corrected chi connectivity index (χ3v) is 3.43. The lowest BCUT2D eigenvalue weighted by Gasteiger charge is -2.20. The highest BCUT2D eigenvalue weighted by molar-refractivity contribution is 5.68. The van der Waals surface area contributed by atoms with Crippen molar-refractivity contribution < 1.29 is 9.47 Å². The van der Waals surface area contributed by atoms with Crippen molar-refractivity contribution >= 4 is 0 Å². The number of aryl methyl sites for hydroxylation is 1. The number of rotatable bonds is 2. The zero-order valence-electron chi connectivity index (χ0n) is 11.1. The van der Waals surface area contributed by atoms with E-state index in [0.717, 1.165) is 34.1 Å². The van der Waals surface area contributed by atoms with E-state index in [2.05, 4.69) is 11.9 Å². The highest BCUT2D eigenvalue weighted by Gasteiger charge is 2.17. The fraction of sp³-hybridized carbons (Fsp3) is 0.357. The van der Waals surface area contributed by atoms with Gasteiger partial charge in [-0.25, -0.2) is 4.98 Å². The summed E-state index contributed by atoms with van der Waals surface area (Å²) >= 11 is 0. The molecule has 0 saturated carbocycles. The van der Waals surface area contributed by atoms with Gasteiger partial charge in [-0.1, -0.05) is 0 Å². The third kappa shape index (κ3) is 1.96. The molecule has 0 amide bonds. The summed E-state index contributed by atoms with van der Waals surface area (Å²) in [5.41, 5.74) is 8.93. The number of aromatic nitrogens is 2. The molecule has 1 aliphatic rings. The van der Waals surface area contributed by atoms with Gasteiger partial charge in [0.2, 0.25) is 0 Å². The van der Waals surface area contributed by atoms with Crippen LogP contribution in [0, 0.1) is 6.92 Å². The predicted octanol–water partition coefficient (Wildman–Crippen LogP) is 1.63. The van der Waals surface area contributed by atoms with Crippen molar-refractivity contribution in [2.75, 3.05) is 13.2 Å². The molecule has 1 aromatic heterocycles. The third-order valence-electron chi connectivity index (χ3n) is 3.43. The van der Waals surface area contributed by atoms with Crippen molar-refractivity contribution in [3.05, 3.63) is 29.7 Å². The molecule has 2 aromatic rings. The van der Waals surface area contributed by atoms with Gasteiger partial charge < -0.3 is 19.8 Å². The summed E-state index contributed by atoms with van der Waals surface area (Å²) in [5.74, 6) is 2.47. The molecular formula is C14H17N3O2. The normalized spacial score (nSPS) is 13.6. The number of imidazole rings is 1. The van der Waals surface area contributed by atoms with Crippen LogP contribution in [0.15, 0.2) is 18.3 Å². The van der Waals surface area contributed by atoms with Crippen LogP contribution in [0.5, 0.6) is 11.5 Å². The molecule has 19 heavy (non-hydrogen) atoms. The van der Waals surface area contributed by atoms with E-state index in [4.69, 9.17) is 15.2 Å². The molecule has 0 radical (unpaired) electrons. The molecule has 0 bridgehead atoms. The number of hydrogen-bond acceptors (Lipinski definition) is 4. The average molecular weight is 259 g/mol. The molecule has 5 nitrogen and oxygen atoms in total. The molecule has 1 aromatic carbocycles. The minimum Gasteiger partial charge on any atom is -0.486 e. The summed E-state index contributed by atoms with van der Waals surface area (Å²) in [6.45, 7) is 3.69. The Morgan fingerprint density at radius 1 is 1.26 bits per heavy atom. The summed E-state index contributed by atoms with van der Waals surface area (Å²) in [6, 6.07) is 4.03. The number of hydrogen-bond donors (Lipinski definition) is 1. The van der Waals surface area contributed by atoms with Gasteiger partial charge in [0.15, 0.2) is 11.5 Å². The van der Waals surface area contributed by atoms with Gasteiger partial charge in [-0.05, 0) is 24.6 Å². The summed E-state index contributed by atoms with van der Waals surface area (Å²) in [4.78, 5) is 4.33. The average Bonchev–Trinajstić information content (AvgIpc) is 2.79. The minimum atomic E-state index is 0.431. The molecule has 2 heterocycles. The molecule has 0 fully saturated rings. The summed E-state index contributed by atoms with van der Waals surface area (Å²) in [7, 11) is 1.97. The SMILES string of the molecule is Cc1cc2c(cc1-c1cnc(CN)n1C)OCCO2. The first-order chi connectivity index (χ1) is 9.20. The molecule has 3 rings (SSSR count). The van der Waals surface area contributed by atoms with Crippen molar-refractivity contribution in [3.8, 4) is 22.8 Å². The zero-order chi connectivity index (χ0) is 13.4. The van der Waals surface area contributed by atoms with E-state index < -0.39 is 0 Å². The summed E-state index contributed by atoms with van der Waals surface area (Å²) in [5, 5.41) is 0. The van der Waals surface area contributed by atoms with Gasteiger partial charge in [0.25, 0.3) is 0 Å². The fourth-order valence-electron chi connectivity index (χ4n) is 2.35. The molecule has 0 unspecified atom stereocenters. The quantitative estimate of drug-likeness (QED) is 0.890. The van der Waals surface area contributed by atoms with Crippen LogP contribution in [0.2, 0.25) is 0 Å². The highest BCUT2D eigenvalue weighted by Crippen LogP contribution is 2.37. The van der Waals surface area contributed by atoms with E-state index in [-0.39, 0.29) is 0 Å². The lowest BCUT2D eigenvalue weighted by Crippen LogP contribution is -2.15. The Morgan fingerprint density at radius 3 is 2.58 bits per heavy atom. The van der Waals surface area contributed by atoms with Crippen LogP contribution in [0.25, 0.3) is 11.3 Å². The van der Waals surface area contributed by atoms with Gasteiger partial charge >= 0.3 is 0 Å². The van der Waals surface area contributed by atoms with E-state index in [0.29, 0.717) is 19.8 Å². The molecule has 0 saturated heterocycles. The van der Waals surface area contributed by atoms with Crippen LogP contribution >= 0.6 is 0 Å². The monoisotopic (exact) mass is 259 g/mol. The second kappa shape index (κ2) is 4.59. The molecule has 5 heteroatoms. The number of nitrogens with zero attached hydrogens (tertiary/aromatic N) is 2. The lowest BCUT2D eigenvalue weighted by molar-refractivity contribution is 0.171. The first-order valence-corrected chi connectivity index (χ1v) is 6.32. The zero-order valence-corrected chi connectivity index (χ0v) is 11.1. The largest absolute Gasteiger partial charge is 0.486 e. The number of ether oxygens (including phenoxy) is 2. The number of nitrogens with two attached hydrogens (primary N) is 1. The molecule has 1 aliphatic heterocycles. The molecule has 0 atom stereocenters. The van der Waals surface area contributed by atoms with Crippen molar-refractivity contribution in [1.29, 1.82) is 0 Å². The van der Waals surface area contributed by atoms with Crippen molar-refractivity contribution in [1.82, 2.24) is 9.55 Å². The topological polar surface area (TPSA) is 62.3 Å². The van der Waals surface area contributed by atoms with E-state index in [1.165, 1.54) is 0 Å². The highest BCUT2D eigenvalue weighted by atomic mass is 16.6. The van der Waals surface area contributed by atoms with Gasteiger partial charge in [-0.3, -0.25) is 0 Å². The molecule has 100 valence electrons. The Bertz CT molecular complexity index is 619. The molecule has 0 aliphatic carbocycles. The lowest BCUT2D eigenvalue weighted by atomic mass is 10.0. The van der Waals surface area contributed by atoms with Gasteiger partial charge in [-0.15, -0.1) is 0 Å². The van der Waals surface area contributed by atoms with Gasteiger partial charge in [0.05, 0.1) is 18.4 Å². The Balaban J connectivity index is 2.11. The van der Waals surface area contributed by atoms with E-state index in [1.54, 1.807) is 0 Å². The van der Waals surface area contributed by atoms with E-state index in [9.17, 15) is 0 Å². The minimum absolute atomic E-state index is 0.431. The van der Waals surface area contributed by atoms with Gasteiger partial charge in [0, 0.05) is 12.6 Å². The number of benzene rings is 1. The van der Waals surface area contributed by atoms with Crippen LogP contribution in [-0.4, -0.2) is 22.8 Å². The second-order valence-corrected chi connectivity index (χ2v) is 4.63. The van der Waals surface area contributed by atoms with E-state index in [1.807, 2.05) is 29.9 Å². The van der Waals surface area contributed by atoms with Crippen LogP contribution in [0.3, 0.4) is 0 Å². The smallest absolute Gasteiger partial charge is 0.162 e. The van der Waals surface area contributed by atoms with Crippen molar-refractivity contribution in [2.45, 2.75) is 13.5 Å². The van der Waals surface area contributed by atoms with E-state index >= 15 is 0 Å². The van der Waals surface area contributed by atoms with Crippen LogP contribution < -0.4 is 15.2 Å². The fourth-order valence-corrected chi connectivity index (χ4v) is 2.35. The van der Waals surface area contributed by atoms with Crippen LogP contribution in [0.4, 0.5) is 0 Å². The van der Waals surface area contributed by atoms with Crippen molar-refractivity contribution in [3.63, 3.8) is 0 Å². The molecular weight excluding hydrogens is 242 g/mol. The first-order valence-electron chi connectivity index (χ1n) is 6.32.